The Morgan fingerprint density at radius 2 is 1.48 bits per heavy atom. The van der Waals surface area contributed by atoms with E-state index in [1.54, 1.807) is 6.20 Å². The van der Waals surface area contributed by atoms with Crippen molar-refractivity contribution in [1.29, 1.82) is 0 Å². The van der Waals surface area contributed by atoms with E-state index in [1.807, 2.05) is 31.2 Å². The highest BCUT2D eigenvalue weighted by molar-refractivity contribution is 5.56. The maximum absolute atomic E-state index is 14.3. The number of benzene rings is 1. The maximum Gasteiger partial charge on any atom is 0.219 e. The lowest BCUT2D eigenvalue weighted by atomic mass is 10.0. The Hall–Kier alpha value is -1.97. The van der Waals surface area contributed by atoms with Crippen molar-refractivity contribution in [1.82, 2.24) is 9.97 Å². The van der Waals surface area contributed by atoms with Crippen LogP contribution in [0.1, 0.15) is 77.2 Å². The molecule has 0 saturated heterocycles. The summed E-state index contributed by atoms with van der Waals surface area (Å²) in [5, 5.41) is 0. The summed E-state index contributed by atoms with van der Waals surface area (Å²) in [7, 11) is 0. The number of unbranched alkanes of at least 4 members (excludes halogenated alkanes) is 8. The zero-order chi connectivity index (χ0) is 19.3. The number of hydrogen-bond donors (Lipinski definition) is 0. The van der Waals surface area contributed by atoms with Crippen molar-refractivity contribution in [3.05, 3.63) is 42.0 Å². The first-order valence-corrected chi connectivity index (χ1v) is 10.5. The van der Waals surface area contributed by atoms with Gasteiger partial charge >= 0.3 is 0 Å². The SMILES string of the molecule is CCCCCCCCCCCc1cnc(-c2ccc(OCC)cc2)nc1F. The molecular weight excluding hydrogens is 339 g/mol. The topological polar surface area (TPSA) is 35.0 Å². The van der Waals surface area contributed by atoms with E-state index in [0.717, 1.165) is 24.2 Å². The predicted molar refractivity (Wildman–Crippen MR) is 110 cm³/mol. The van der Waals surface area contributed by atoms with Gasteiger partial charge in [-0.25, -0.2) is 4.98 Å². The minimum atomic E-state index is -0.395. The lowest BCUT2D eigenvalue weighted by molar-refractivity contribution is 0.340. The Morgan fingerprint density at radius 3 is 2.07 bits per heavy atom. The highest BCUT2D eigenvalue weighted by Crippen LogP contribution is 2.21. The number of aromatic nitrogens is 2. The molecular formula is C23H33FN2O. The summed E-state index contributed by atoms with van der Waals surface area (Å²) in [4.78, 5) is 8.41. The quantitative estimate of drug-likeness (QED) is 0.288. The lowest BCUT2D eigenvalue weighted by Crippen LogP contribution is -1.99. The second kappa shape index (κ2) is 12.4. The van der Waals surface area contributed by atoms with Crippen molar-refractivity contribution in [2.45, 2.75) is 78.1 Å². The first-order chi connectivity index (χ1) is 13.2. The molecule has 2 rings (SSSR count). The summed E-state index contributed by atoms with van der Waals surface area (Å²) >= 11 is 0. The molecule has 0 amide bonds. The van der Waals surface area contributed by atoms with Crippen LogP contribution in [-0.4, -0.2) is 16.6 Å². The molecule has 0 fully saturated rings. The highest BCUT2D eigenvalue weighted by Gasteiger charge is 2.08. The molecule has 3 nitrogen and oxygen atoms in total. The third-order valence-electron chi connectivity index (χ3n) is 4.78. The van der Waals surface area contributed by atoms with Crippen LogP contribution in [0.4, 0.5) is 4.39 Å². The minimum Gasteiger partial charge on any atom is -0.494 e. The van der Waals surface area contributed by atoms with Gasteiger partial charge in [0.2, 0.25) is 5.95 Å². The Bertz CT molecular complexity index is 658. The zero-order valence-corrected chi connectivity index (χ0v) is 16.8. The van der Waals surface area contributed by atoms with Gasteiger partial charge in [-0.15, -0.1) is 0 Å². The Morgan fingerprint density at radius 1 is 0.852 bits per heavy atom. The largest absolute Gasteiger partial charge is 0.494 e. The van der Waals surface area contributed by atoms with Crippen LogP contribution >= 0.6 is 0 Å². The molecule has 1 aromatic carbocycles. The van der Waals surface area contributed by atoms with Crippen molar-refractivity contribution in [2.75, 3.05) is 6.61 Å². The van der Waals surface area contributed by atoms with Gasteiger partial charge in [-0.3, -0.25) is 0 Å². The van der Waals surface area contributed by atoms with Gasteiger partial charge in [0.15, 0.2) is 5.82 Å². The summed E-state index contributed by atoms with van der Waals surface area (Å²) in [6, 6.07) is 7.44. The highest BCUT2D eigenvalue weighted by atomic mass is 19.1. The molecule has 0 unspecified atom stereocenters. The van der Waals surface area contributed by atoms with E-state index in [1.165, 1.54) is 44.9 Å². The Balaban J connectivity index is 1.74. The molecule has 1 aromatic heterocycles. The van der Waals surface area contributed by atoms with Crippen molar-refractivity contribution in [3.63, 3.8) is 0 Å². The normalized spacial score (nSPS) is 10.9. The third-order valence-corrected chi connectivity index (χ3v) is 4.78. The van der Waals surface area contributed by atoms with Crippen LogP contribution in [0.15, 0.2) is 30.5 Å². The van der Waals surface area contributed by atoms with Crippen LogP contribution in [-0.2, 0) is 6.42 Å². The van der Waals surface area contributed by atoms with Gasteiger partial charge in [0.25, 0.3) is 0 Å². The molecule has 0 aliphatic heterocycles. The van der Waals surface area contributed by atoms with Crippen LogP contribution in [0.5, 0.6) is 5.75 Å². The average Bonchev–Trinajstić information content (AvgIpc) is 2.68. The van der Waals surface area contributed by atoms with Gasteiger partial charge in [0.05, 0.1) is 6.61 Å². The standard InChI is InChI=1S/C23H33FN2O/c1-3-5-6-7-8-9-10-11-12-13-20-18-25-23(26-22(20)24)19-14-16-21(17-15-19)27-4-2/h14-18H,3-13H2,1-2H3. The molecule has 0 saturated carbocycles. The van der Waals surface area contributed by atoms with Crippen molar-refractivity contribution in [2.24, 2.45) is 0 Å². The van der Waals surface area contributed by atoms with E-state index in [0.29, 0.717) is 24.4 Å². The van der Waals surface area contributed by atoms with E-state index >= 15 is 0 Å². The first kappa shape index (κ1) is 21.3. The summed E-state index contributed by atoms with van der Waals surface area (Å²) in [6.45, 7) is 4.81. The van der Waals surface area contributed by atoms with Gasteiger partial charge in [-0.1, -0.05) is 58.3 Å². The molecule has 4 heteroatoms. The van der Waals surface area contributed by atoms with Gasteiger partial charge in [-0.2, -0.15) is 9.37 Å². The number of rotatable bonds is 13. The monoisotopic (exact) mass is 372 g/mol. The van der Waals surface area contributed by atoms with E-state index < -0.39 is 5.95 Å². The summed E-state index contributed by atoms with van der Waals surface area (Å²) in [5.74, 6) is 0.823. The van der Waals surface area contributed by atoms with Crippen LogP contribution < -0.4 is 4.74 Å². The molecule has 148 valence electrons. The molecule has 0 radical (unpaired) electrons. The van der Waals surface area contributed by atoms with Crippen molar-refractivity contribution in [3.8, 4) is 17.1 Å². The summed E-state index contributed by atoms with van der Waals surface area (Å²) in [6.07, 6.45) is 13.7. The second-order valence-electron chi connectivity index (χ2n) is 7.05. The van der Waals surface area contributed by atoms with Crippen LogP contribution in [0.2, 0.25) is 0 Å². The van der Waals surface area contributed by atoms with E-state index in [4.69, 9.17) is 4.74 Å². The van der Waals surface area contributed by atoms with Crippen LogP contribution in [0.3, 0.4) is 0 Å². The molecule has 0 aliphatic carbocycles. The smallest absolute Gasteiger partial charge is 0.219 e. The molecule has 0 atom stereocenters. The van der Waals surface area contributed by atoms with Gasteiger partial charge in [-0.05, 0) is 44.0 Å². The molecule has 0 spiro atoms. The third kappa shape index (κ3) is 7.66. The molecule has 0 N–H and O–H groups in total. The zero-order valence-electron chi connectivity index (χ0n) is 16.8. The lowest BCUT2D eigenvalue weighted by Gasteiger charge is -2.07. The predicted octanol–water partition coefficient (Wildman–Crippen LogP) is 6.75. The molecule has 0 bridgehead atoms. The van der Waals surface area contributed by atoms with Crippen molar-refractivity contribution < 1.29 is 9.13 Å². The molecule has 27 heavy (non-hydrogen) atoms. The number of hydrogen-bond acceptors (Lipinski definition) is 3. The Kier molecular flexibility index (Phi) is 9.81. The van der Waals surface area contributed by atoms with Crippen LogP contribution in [0.25, 0.3) is 11.4 Å². The van der Waals surface area contributed by atoms with Gasteiger partial charge < -0.3 is 4.74 Å². The van der Waals surface area contributed by atoms with E-state index in [2.05, 4.69) is 16.9 Å². The number of ether oxygens (including phenoxy) is 1. The second-order valence-corrected chi connectivity index (χ2v) is 7.05. The number of aryl methyl sites for hydroxylation is 1. The molecule has 0 aliphatic rings. The minimum absolute atomic E-state index is 0.395. The molecule has 1 heterocycles. The van der Waals surface area contributed by atoms with Gasteiger partial charge in [0, 0.05) is 17.3 Å². The number of nitrogens with zero attached hydrogens (tertiary/aromatic N) is 2. The summed E-state index contributed by atoms with van der Waals surface area (Å²) in [5.41, 5.74) is 1.42. The fourth-order valence-corrected chi connectivity index (χ4v) is 3.19. The number of halogens is 1. The maximum atomic E-state index is 14.3. The summed E-state index contributed by atoms with van der Waals surface area (Å²) < 4.78 is 19.7. The first-order valence-electron chi connectivity index (χ1n) is 10.5. The van der Waals surface area contributed by atoms with Crippen LogP contribution in [0, 0.1) is 5.95 Å². The molecule has 2 aromatic rings. The average molecular weight is 373 g/mol. The fourth-order valence-electron chi connectivity index (χ4n) is 3.19. The van der Waals surface area contributed by atoms with E-state index in [9.17, 15) is 4.39 Å². The Labute approximate surface area is 163 Å². The van der Waals surface area contributed by atoms with Gasteiger partial charge in [0.1, 0.15) is 5.75 Å². The van der Waals surface area contributed by atoms with E-state index in [-0.39, 0.29) is 0 Å². The fraction of sp³-hybridized carbons (Fsp3) is 0.565. The van der Waals surface area contributed by atoms with Crippen molar-refractivity contribution >= 4 is 0 Å².